The van der Waals surface area contributed by atoms with Gasteiger partial charge in [-0.25, -0.2) is 0 Å². The first-order valence-corrected chi connectivity index (χ1v) is 16.7. The third-order valence-corrected chi connectivity index (χ3v) is 8.10. The number of carbonyl (C=O) groups excluding carboxylic acids is 2. The lowest BCUT2D eigenvalue weighted by Crippen LogP contribution is -2.28. The van der Waals surface area contributed by atoms with Crippen LogP contribution in [-0.2, 0) is 19.1 Å². The Kier molecular flexibility index (Phi) is 22.5. The largest absolute Gasteiger partial charge is 0.462 e. The third kappa shape index (κ3) is 18.0. The number of carbonyl (C=O) groups is 2. The summed E-state index contributed by atoms with van der Waals surface area (Å²) in [6, 6.07) is 0. The van der Waals surface area contributed by atoms with E-state index in [2.05, 4.69) is 13.8 Å². The van der Waals surface area contributed by atoms with Gasteiger partial charge in [-0.1, -0.05) is 115 Å². The second-order valence-corrected chi connectivity index (χ2v) is 11.9. The Labute approximate surface area is 254 Å². The number of esters is 2. The lowest BCUT2D eigenvalue weighted by molar-refractivity contribution is -0.160. The van der Waals surface area contributed by atoms with Crippen LogP contribution in [0.15, 0.2) is 24.3 Å². The number of hydrogen-bond donors (Lipinski definition) is 4. The molecule has 0 aromatic rings. The fraction of sp³-hybridized carbons (Fsp3) is 0.824. The van der Waals surface area contributed by atoms with E-state index in [-0.39, 0.29) is 37.3 Å². The quantitative estimate of drug-likeness (QED) is 0.0578. The molecular weight excluding hydrogens is 536 g/mol. The minimum absolute atomic E-state index is 0.0228. The Hall–Kier alpha value is -1.74. The lowest BCUT2D eigenvalue weighted by Gasteiger charge is -2.19. The Morgan fingerprint density at radius 1 is 0.833 bits per heavy atom. The first-order chi connectivity index (χ1) is 20.3. The molecule has 0 unspecified atom stereocenters. The molecule has 0 saturated heterocycles. The topological polar surface area (TPSA) is 134 Å². The third-order valence-electron chi connectivity index (χ3n) is 8.10. The zero-order valence-corrected chi connectivity index (χ0v) is 26.3. The smallest absolute Gasteiger partial charge is 0.310 e. The van der Waals surface area contributed by atoms with Gasteiger partial charge in [-0.05, 0) is 25.2 Å². The van der Waals surface area contributed by atoms with E-state index in [0.717, 1.165) is 38.5 Å². The fourth-order valence-corrected chi connectivity index (χ4v) is 5.47. The van der Waals surface area contributed by atoms with E-state index in [1.54, 1.807) is 18.2 Å². The van der Waals surface area contributed by atoms with Gasteiger partial charge in [0.15, 0.2) is 6.10 Å². The van der Waals surface area contributed by atoms with Crippen LogP contribution < -0.4 is 0 Å². The normalized spacial score (nSPS) is 22.1. The van der Waals surface area contributed by atoms with Crippen LogP contribution in [0.5, 0.6) is 0 Å². The Morgan fingerprint density at radius 3 is 2.10 bits per heavy atom. The van der Waals surface area contributed by atoms with E-state index >= 15 is 0 Å². The standard InChI is InChI=1S/C34H60O8/c1-3-5-7-8-9-10-11-12-13-15-20-33(39)41-26-28(25-35)42-34(40)21-17-16-19-29-30(32(38)24-31(29)37)23-22-27(36)18-14-6-4-2/h16-17,22-23,27-32,35-38H,3-15,18-21,24-26H2,1-2H3/b17-16-,23-22+/t27-,28+,29+,30-,31+,32-/m1/s1. The van der Waals surface area contributed by atoms with E-state index in [0.29, 0.717) is 19.3 Å². The SMILES string of the molecule is CCCCCCCCCCCCC(=O)OC[C@H](CO)OC(=O)C/C=C\C[C@H]1[C@@H](/C=C/[C@H](O)CCCCC)[C@H](O)C[C@@H]1O. The minimum atomic E-state index is -0.910. The Morgan fingerprint density at radius 2 is 1.45 bits per heavy atom. The monoisotopic (exact) mass is 596 g/mol. The molecular formula is C34H60O8. The summed E-state index contributed by atoms with van der Waals surface area (Å²) in [5.41, 5.74) is 0. The van der Waals surface area contributed by atoms with Crippen LogP contribution >= 0.6 is 0 Å². The minimum Gasteiger partial charge on any atom is -0.462 e. The maximum absolute atomic E-state index is 12.2. The molecule has 0 aromatic carbocycles. The molecule has 0 spiro atoms. The summed E-state index contributed by atoms with van der Waals surface area (Å²) < 4.78 is 10.4. The van der Waals surface area contributed by atoms with Crippen molar-refractivity contribution in [3.05, 3.63) is 24.3 Å². The highest BCUT2D eigenvalue weighted by molar-refractivity contribution is 5.71. The maximum Gasteiger partial charge on any atom is 0.310 e. The summed E-state index contributed by atoms with van der Waals surface area (Å²) in [6.07, 6.45) is 20.8. The van der Waals surface area contributed by atoms with Gasteiger partial charge in [-0.3, -0.25) is 9.59 Å². The predicted molar refractivity (Wildman–Crippen MR) is 166 cm³/mol. The molecule has 1 rings (SSSR count). The van der Waals surface area contributed by atoms with Crippen LogP contribution in [0.2, 0.25) is 0 Å². The van der Waals surface area contributed by atoms with Gasteiger partial charge in [-0.15, -0.1) is 0 Å². The molecule has 1 fully saturated rings. The molecule has 1 aliphatic carbocycles. The number of allylic oxidation sites excluding steroid dienone is 1. The van der Waals surface area contributed by atoms with E-state index < -0.39 is 37.0 Å². The Balaban J connectivity index is 2.27. The summed E-state index contributed by atoms with van der Waals surface area (Å²) in [6.45, 7) is 3.72. The van der Waals surface area contributed by atoms with Gasteiger partial charge in [0.25, 0.3) is 0 Å². The van der Waals surface area contributed by atoms with Crippen LogP contribution in [0.4, 0.5) is 0 Å². The molecule has 0 radical (unpaired) electrons. The van der Waals surface area contributed by atoms with Gasteiger partial charge in [-0.2, -0.15) is 0 Å². The van der Waals surface area contributed by atoms with Crippen molar-refractivity contribution in [3.8, 4) is 0 Å². The number of rotatable bonds is 25. The van der Waals surface area contributed by atoms with Gasteiger partial charge < -0.3 is 29.9 Å². The highest BCUT2D eigenvalue weighted by Crippen LogP contribution is 2.36. The first-order valence-electron chi connectivity index (χ1n) is 16.7. The second-order valence-electron chi connectivity index (χ2n) is 11.9. The van der Waals surface area contributed by atoms with Crippen LogP contribution in [0.1, 0.15) is 129 Å². The molecule has 0 bridgehead atoms. The van der Waals surface area contributed by atoms with Gasteiger partial charge in [0, 0.05) is 18.8 Å². The van der Waals surface area contributed by atoms with Crippen LogP contribution in [0.3, 0.4) is 0 Å². The predicted octanol–water partition coefficient (Wildman–Crippen LogP) is 5.94. The molecule has 0 aromatic heterocycles. The molecule has 6 atom stereocenters. The van der Waals surface area contributed by atoms with Gasteiger partial charge in [0.05, 0.1) is 31.3 Å². The van der Waals surface area contributed by atoms with E-state index in [1.807, 2.05) is 6.08 Å². The van der Waals surface area contributed by atoms with Gasteiger partial charge >= 0.3 is 11.9 Å². The van der Waals surface area contributed by atoms with Crippen molar-refractivity contribution in [2.45, 2.75) is 154 Å². The van der Waals surface area contributed by atoms with Gasteiger partial charge in [0.2, 0.25) is 0 Å². The van der Waals surface area contributed by atoms with E-state index in [4.69, 9.17) is 9.47 Å². The molecule has 8 heteroatoms. The number of ether oxygens (including phenoxy) is 2. The van der Waals surface area contributed by atoms with Crippen LogP contribution in [0.25, 0.3) is 0 Å². The average molecular weight is 597 g/mol. The molecule has 8 nitrogen and oxygen atoms in total. The molecule has 0 aliphatic heterocycles. The van der Waals surface area contributed by atoms with E-state index in [1.165, 1.54) is 44.9 Å². The zero-order chi connectivity index (χ0) is 31.0. The van der Waals surface area contributed by atoms with Crippen molar-refractivity contribution in [2.75, 3.05) is 13.2 Å². The van der Waals surface area contributed by atoms with Crippen molar-refractivity contribution >= 4 is 11.9 Å². The molecule has 1 aliphatic rings. The number of unbranched alkanes of at least 4 members (excludes halogenated alkanes) is 11. The molecule has 42 heavy (non-hydrogen) atoms. The first kappa shape index (κ1) is 38.3. The van der Waals surface area contributed by atoms with Crippen molar-refractivity contribution in [1.82, 2.24) is 0 Å². The maximum atomic E-state index is 12.2. The average Bonchev–Trinajstić information content (AvgIpc) is 3.24. The number of hydrogen-bond acceptors (Lipinski definition) is 8. The highest BCUT2D eigenvalue weighted by Gasteiger charge is 2.39. The molecule has 1 saturated carbocycles. The van der Waals surface area contributed by atoms with Gasteiger partial charge in [0.1, 0.15) is 6.61 Å². The summed E-state index contributed by atoms with van der Waals surface area (Å²) in [4.78, 5) is 24.3. The molecule has 244 valence electrons. The second kappa shape index (κ2) is 24.7. The molecule has 4 N–H and O–H groups in total. The van der Waals surface area contributed by atoms with Crippen molar-refractivity contribution in [1.29, 1.82) is 0 Å². The van der Waals surface area contributed by atoms with Crippen molar-refractivity contribution < 1.29 is 39.5 Å². The lowest BCUT2D eigenvalue weighted by atomic mass is 9.89. The summed E-state index contributed by atoms with van der Waals surface area (Å²) >= 11 is 0. The van der Waals surface area contributed by atoms with Crippen molar-refractivity contribution in [3.63, 3.8) is 0 Å². The Bertz CT molecular complexity index is 752. The van der Waals surface area contributed by atoms with E-state index in [9.17, 15) is 30.0 Å². The summed E-state index contributed by atoms with van der Waals surface area (Å²) in [5, 5.41) is 40.5. The highest BCUT2D eigenvalue weighted by atomic mass is 16.6. The summed E-state index contributed by atoms with van der Waals surface area (Å²) in [7, 11) is 0. The zero-order valence-electron chi connectivity index (χ0n) is 26.3. The number of aliphatic hydroxyl groups excluding tert-OH is 4. The fourth-order valence-electron chi connectivity index (χ4n) is 5.47. The van der Waals surface area contributed by atoms with Crippen LogP contribution in [0, 0.1) is 11.8 Å². The molecule has 0 amide bonds. The van der Waals surface area contributed by atoms with Crippen molar-refractivity contribution in [2.24, 2.45) is 11.8 Å². The van der Waals surface area contributed by atoms with Crippen LogP contribution in [-0.4, -0.2) is 70.0 Å². The number of aliphatic hydroxyl groups is 4. The molecule has 0 heterocycles. The summed E-state index contributed by atoms with van der Waals surface area (Å²) in [5.74, 6) is -1.38.